The molecule has 3 aliphatic rings. The van der Waals surface area contributed by atoms with Gasteiger partial charge in [0.1, 0.15) is 0 Å². The second kappa shape index (κ2) is 8.66. The number of amides is 1. The molecule has 7 nitrogen and oxygen atoms in total. The number of hydrogen-bond acceptors (Lipinski definition) is 4. The van der Waals surface area contributed by atoms with Crippen molar-refractivity contribution in [2.45, 2.75) is 25.4 Å². The minimum atomic E-state index is 0. The highest BCUT2D eigenvalue weighted by molar-refractivity contribution is 14.0. The van der Waals surface area contributed by atoms with E-state index in [-0.39, 0.29) is 41.4 Å². The number of halogens is 1. The van der Waals surface area contributed by atoms with E-state index in [9.17, 15) is 4.79 Å². The second-order valence-corrected chi connectivity index (χ2v) is 7.16. The van der Waals surface area contributed by atoms with Gasteiger partial charge < -0.3 is 25.2 Å². The molecule has 0 aliphatic carbocycles. The lowest BCUT2D eigenvalue weighted by Crippen LogP contribution is -2.53. The number of ether oxygens (including phenoxy) is 1. The molecule has 0 radical (unpaired) electrons. The molecule has 3 rings (SSSR count). The number of hydrogen-bond donors (Lipinski definition) is 2. The second-order valence-electron chi connectivity index (χ2n) is 7.16. The van der Waals surface area contributed by atoms with Gasteiger partial charge in [-0.1, -0.05) is 0 Å². The number of carbonyl (C=O) groups is 1. The normalized spacial score (nSPS) is 31.8. The van der Waals surface area contributed by atoms with E-state index in [1.807, 2.05) is 7.05 Å². The van der Waals surface area contributed by atoms with Crippen LogP contribution in [0.2, 0.25) is 0 Å². The van der Waals surface area contributed by atoms with E-state index in [0.717, 1.165) is 64.7 Å². The topological polar surface area (TPSA) is 69.2 Å². The van der Waals surface area contributed by atoms with Crippen LogP contribution in [0, 0.1) is 5.41 Å². The van der Waals surface area contributed by atoms with E-state index in [0.29, 0.717) is 6.42 Å². The Balaban J connectivity index is 0.00000208. The van der Waals surface area contributed by atoms with Crippen molar-refractivity contribution in [1.29, 1.82) is 0 Å². The van der Waals surface area contributed by atoms with Crippen molar-refractivity contribution in [1.82, 2.24) is 20.4 Å². The highest BCUT2D eigenvalue weighted by atomic mass is 127. The van der Waals surface area contributed by atoms with Crippen LogP contribution in [0.5, 0.6) is 0 Å². The van der Waals surface area contributed by atoms with Gasteiger partial charge in [-0.3, -0.25) is 9.79 Å². The van der Waals surface area contributed by atoms with Gasteiger partial charge in [0.2, 0.25) is 5.91 Å². The number of guanidine groups is 1. The van der Waals surface area contributed by atoms with Crippen LogP contribution in [-0.4, -0.2) is 87.7 Å². The van der Waals surface area contributed by atoms with Gasteiger partial charge in [0.25, 0.3) is 0 Å². The van der Waals surface area contributed by atoms with Crippen molar-refractivity contribution in [2.75, 3.05) is 60.0 Å². The molecular weight excluding hydrogens is 421 g/mol. The SMILES string of the molecule is CN=C(NCC1CN(C)CCO1)N1CCCC2(CNC(=O)C2)C1.I. The summed E-state index contributed by atoms with van der Waals surface area (Å²) in [5, 5.41) is 6.46. The van der Waals surface area contributed by atoms with Gasteiger partial charge in [-0.05, 0) is 19.9 Å². The van der Waals surface area contributed by atoms with Gasteiger partial charge in [-0.2, -0.15) is 0 Å². The predicted octanol–water partition coefficient (Wildman–Crippen LogP) is 0.113. The van der Waals surface area contributed by atoms with Crippen LogP contribution in [0.25, 0.3) is 0 Å². The summed E-state index contributed by atoms with van der Waals surface area (Å²) in [5.74, 6) is 1.12. The molecule has 1 amide bonds. The molecule has 3 fully saturated rings. The summed E-state index contributed by atoms with van der Waals surface area (Å²) in [5.41, 5.74) is 0.0918. The fraction of sp³-hybridized carbons (Fsp3) is 0.875. The van der Waals surface area contributed by atoms with Crippen molar-refractivity contribution in [3.8, 4) is 0 Å². The number of likely N-dealkylation sites (N-methyl/N-ethyl adjacent to an activating group) is 1. The molecule has 0 bridgehead atoms. The van der Waals surface area contributed by atoms with Crippen LogP contribution in [0.4, 0.5) is 0 Å². The molecule has 2 unspecified atom stereocenters. The van der Waals surface area contributed by atoms with Crippen molar-refractivity contribution in [2.24, 2.45) is 10.4 Å². The first-order valence-electron chi connectivity index (χ1n) is 8.63. The number of aliphatic imine (C=N–C) groups is 1. The quantitative estimate of drug-likeness (QED) is 0.355. The lowest BCUT2D eigenvalue weighted by atomic mass is 9.79. The van der Waals surface area contributed by atoms with Crippen molar-refractivity contribution in [3.05, 3.63) is 0 Å². The lowest BCUT2D eigenvalue weighted by Gasteiger charge is -2.41. The monoisotopic (exact) mass is 451 g/mol. The van der Waals surface area contributed by atoms with Gasteiger partial charge in [0, 0.05) is 58.2 Å². The van der Waals surface area contributed by atoms with E-state index in [1.165, 1.54) is 0 Å². The van der Waals surface area contributed by atoms with Crippen LogP contribution in [0.15, 0.2) is 4.99 Å². The fourth-order valence-corrected chi connectivity index (χ4v) is 3.96. The molecule has 0 aromatic carbocycles. The zero-order chi connectivity index (χ0) is 16.3. The Kier molecular flexibility index (Phi) is 7.11. The Bertz CT molecular complexity index is 475. The first-order valence-corrected chi connectivity index (χ1v) is 8.63. The molecule has 0 aromatic heterocycles. The zero-order valence-corrected chi connectivity index (χ0v) is 17.0. The number of piperidine rings is 1. The average Bonchev–Trinajstić information content (AvgIpc) is 2.88. The first-order chi connectivity index (χ1) is 11.1. The van der Waals surface area contributed by atoms with Gasteiger partial charge in [-0.25, -0.2) is 0 Å². The van der Waals surface area contributed by atoms with Gasteiger partial charge >= 0.3 is 0 Å². The summed E-state index contributed by atoms with van der Waals surface area (Å²) in [7, 11) is 3.96. The van der Waals surface area contributed by atoms with E-state index in [4.69, 9.17) is 4.74 Å². The molecule has 138 valence electrons. The molecule has 2 N–H and O–H groups in total. The maximum Gasteiger partial charge on any atom is 0.220 e. The molecular formula is C16H30IN5O2. The molecule has 3 aliphatic heterocycles. The Hall–Kier alpha value is -0.610. The third kappa shape index (κ3) is 4.72. The maximum absolute atomic E-state index is 11.6. The molecule has 8 heteroatoms. The zero-order valence-electron chi connectivity index (χ0n) is 14.7. The van der Waals surface area contributed by atoms with Crippen LogP contribution >= 0.6 is 24.0 Å². The van der Waals surface area contributed by atoms with E-state index in [1.54, 1.807) is 0 Å². The van der Waals surface area contributed by atoms with E-state index < -0.39 is 0 Å². The third-order valence-corrected chi connectivity index (χ3v) is 5.20. The van der Waals surface area contributed by atoms with Crippen LogP contribution in [0.3, 0.4) is 0 Å². The number of nitrogens with one attached hydrogen (secondary N) is 2. The van der Waals surface area contributed by atoms with Crippen molar-refractivity contribution in [3.63, 3.8) is 0 Å². The summed E-state index contributed by atoms with van der Waals surface area (Å²) in [6, 6.07) is 0. The summed E-state index contributed by atoms with van der Waals surface area (Å²) in [6.45, 7) is 6.22. The Morgan fingerprint density at radius 2 is 2.33 bits per heavy atom. The average molecular weight is 451 g/mol. The Morgan fingerprint density at radius 1 is 1.50 bits per heavy atom. The Labute approximate surface area is 161 Å². The van der Waals surface area contributed by atoms with Crippen LogP contribution in [-0.2, 0) is 9.53 Å². The van der Waals surface area contributed by atoms with Crippen molar-refractivity contribution < 1.29 is 9.53 Å². The smallest absolute Gasteiger partial charge is 0.220 e. The summed E-state index contributed by atoms with van der Waals surface area (Å²) in [6.07, 6.45) is 3.09. The number of carbonyl (C=O) groups excluding carboxylic acids is 1. The molecule has 1 spiro atoms. The number of morpholine rings is 1. The molecule has 3 heterocycles. The van der Waals surface area contributed by atoms with Gasteiger partial charge in [-0.15, -0.1) is 24.0 Å². The third-order valence-electron chi connectivity index (χ3n) is 5.20. The molecule has 0 aromatic rings. The largest absolute Gasteiger partial charge is 0.374 e. The first kappa shape index (κ1) is 19.7. The number of nitrogens with zero attached hydrogens (tertiary/aromatic N) is 3. The van der Waals surface area contributed by atoms with E-state index >= 15 is 0 Å². The lowest BCUT2D eigenvalue weighted by molar-refractivity contribution is -0.119. The molecule has 0 saturated carbocycles. The van der Waals surface area contributed by atoms with E-state index in [2.05, 4.69) is 32.5 Å². The van der Waals surface area contributed by atoms with Gasteiger partial charge in [0.05, 0.1) is 12.7 Å². The van der Waals surface area contributed by atoms with Crippen LogP contribution < -0.4 is 10.6 Å². The standard InChI is InChI=1S/C16H29N5O2.HI/c1-17-15(18-9-13-10-20(2)6-7-23-13)21-5-3-4-16(12-21)8-14(22)19-11-16;/h13H,3-12H2,1-2H3,(H,17,18)(H,19,22);1H. The highest BCUT2D eigenvalue weighted by Gasteiger charge is 2.42. The highest BCUT2D eigenvalue weighted by Crippen LogP contribution is 2.35. The Morgan fingerprint density at radius 3 is 3.00 bits per heavy atom. The fourth-order valence-electron chi connectivity index (χ4n) is 3.96. The minimum absolute atomic E-state index is 0. The molecule has 2 atom stereocenters. The predicted molar refractivity (Wildman–Crippen MR) is 105 cm³/mol. The minimum Gasteiger partial charge on any atom is -0.374 e. The summed E-state index contributed by atoms with van der Waals surface area (Å²) < 4.78 is 5.81. The van der Waals surface area contributed by atoms with Crippen molar-refractivity contribution >= 4 is 35.8 Å². The summed E-state index contributed by atoms with van der Waals surface area (Å²) >= 11 is 0. The maximum atomic E-state index is 11.6. The molecule has 24 heavy (non-hydrogen) atoms. The number of likely N-dealkylation sites (tertiary alicyclic amines) is 1. The number of rotatable bonds is 2. The molecule has 3 saturated heterocycles. The van der Waals surface area contributed by atoms with Crippen LogP contribution in [0.1, 0.15) is 19.3 Å². The van der Waals surface area contributed by atoms with Gasteiger partial charge in [0.15, 0.2) is 5.96 Å². The summed E-state index contributed by atoms with van der Waals surface area (Å²) in [4.78, 5) is 20.7.